The van der Waals surface area contributed by atoms with E-state index in [1.807, 2.05) is 0 Å². The van der Waals surface area contributed by atoms with Crippen LogP contribution in [0.1, 0.15) is 10.5 Å². The average Bonchev–Trinajstić information content (AvgIpc) is 3.02. The summed E-state index contributed by atoms with van der Waals surface area (Å²) in [4.78, 5) is 38.3. The number of rotatable bonds is 3. The molecular formula is C15H12BrN5O3. The second kappa shape index (κ2) is 6.67. The van der Waals surface area contributed by atoms with E-state index in [-0.39, 0.29) is 12.0 Å². The minimum absolute atomic E-state index is 0.143. The molecule has 3 aromatic rings. The van der Waals surface area contributed by atoms with Crippen molar-refractivity contribution < 1.29 is 9.59 Å². The SMILES string of the molecule is O=C(Cn1ncc(=O)c2ccccc21)NNC(=O)c1cc(Br)c[nH]1. The highest BCUT2D eigenvalue weighted by Gasteiger charge is 2.11. The number of carbonyl (C=O) groups is 2. The number of nitrogens with one attached hydrogen (secondary N) is 3. The molecule has 2 aromatic heterocycles. The molecule has 2 amide bonds. The van der Waals surface area contributed by atoms with Gasteiger partial charge in [-0.25, -0.2) is 0 Å². The van der Waals surface area contributed by atoms with Gasteiger partial charge in [-0.1, -0.05) is 12.1 Å². The van der Waals surface area contributed by atoms with Crippen LogP contribution in [0.4, 0.5) is 0 Å². The first kappa shape index (κ1) is 15.9. The summed E-state index contributed by atoms with van der Waals surface area (Å²) in [5.41, 5.74) is 5.23. The second-order valence-corrected chi connectivity index (χ2v) is 5.83. The first-order chi connectivity index (χ1) is 11.5. The number of benzene rings is 1. The average molecular weight is 390 g/mol. The Bertz CT molecular complexity index is 978. The van der Waals surface area contributed by atoms with E-state index in [0.29, 0.717) is 16.6 Å². The number of para-hydroxylation sites is 1. The number of hydrogen-bond donors (Lipinski definition) is 3. The Balaban J connectivity index is 1.68. The van der Waals surface area contributed by atoms with Gasteiger partial charge >= 0.3 is 0 Å². The van der Waals surface area contributed by atoms with Gasteiger partial charge in [0.05, 0.1) is 11.7 Å². The van der Waals surface area contributed by atoms with Gasteiger partial charge < -0.3 is 4.98 Å². The van der Waals surface area contributed by atoms with Gasteiger partial charge in [0.25, 0.3) is 11.8 Å². The Kier molecular flexibility index (Phi) is 4.43. The number of aromatic nitrogens is 3. The molecule has 0 saturated carbocycles. The van der Waals surface area contributed by atoms with E-state index in [1.165, 1.54) is 4.68 Å². The third-order valence-electron chi connectivity index (χ3n) is 3.26. The molecule has 0 radical (unpaired) electrons. The number of aromatic amines is 1. The molecule has 0 aliphatic carbocycles. The van der Waals surface area contributed by atoms with Crippen molar-refractivity contribution in [3.05, 3.63) is 63.1 Å². The fraction of sp³-hybridized carbons (Fsp3) is 0.0667. The zero-order valence-corrected chi connectivity index (χ0v) is 13.8. The number of carbonyl (C=O) groups excluding carboxylic acids is 2. The summed E-state index contributed by atoms with van der Waals surface area (Å²) in [5.74, 6) is -0.956. The summed E-state index contributed by atoms with van der Waals surface area (Å²) in [7, 11) is 0. The van der Waals surface area contributed by atoms with Gasteiger partial charge in [0.1, 0.15) is 12.2 Å². The summed E-state index contributed by atoms with van der Waals surface area (Å²) in [6.07, 6.45) is 2.76. The summed E-state index contributed by atoms with van der Waals surface area (Å²) in [6.45, 7) is -0.143. The Morgan fingerprint density at radius 2 is 2.04 bits per heavy atom. The summed E-state index contributed by atoms with van der Waals surface area (Å²) >= 11 is 3.22. The number of amides is 2. The summed E-state index contributed by atoms with van der Waals surface area (Å²) in [6, 6.07) is 8.44. The number of nitrogens with zero attached hydrogens (tertiary/aromatic N) is 2. The molecule has 0 aliphatic heterocycles. The third kappa shape index (κ3) is 3.35. The van der Waals surface area contributed by atoms with Crippen molar-refractivity contribution in [1.82, 2.24) is 25.6 Å². The second-order valence-electron chi connectivity index (χ2n) is 4.92. The quantitative estimate of drug-likeness (QED) is 0.579. The van der Waals surface area contributed by atoms with Crippen molar-refractivity contribution in [3.63, 3.8) is 0 Å². The van der Waals surface area contributed by atoms with Gasteiger partial charge in [-0.05, 0) is 34.1 Å². The van der Waals surface area contributed by atoms with Crippen LogP contribution in [-0.2, 0) is 11.3 Å². The predicted octanol–water partition coefficient (Wildman–Crippen LogP) is 0.948. The fourth-order valence-corrected chi connectivity index (χ4v) is 2.50. The van der Waals surface area contributed by atoms with E-state index in [4.69, 9.17) is 0 Å². The number of H-pyrrole nitrogens is 1. The third-order valence-corrected chi connectivity index (χ3v) is 3.72. The van der Waals surface area contributed by atoms with Crippen molar-refractivity contribution in [2.45, 2.75) is 6.54 Å². The lowest BCUT2D eigenvalue weighted by Gasteiger charge is -2.10. The van der Waals surface area contributed by atoms with E-state index >= 15 is 0 Å². The Hall–Kier alpha value is -2.94. The lowest BCUT2D eigenvalue weighted by Crippen LogP contribution is -2.43. The fourth-order valence-electron chi connectivity index (χ4n) is 2.16. The highest BCUT2D eigenvalue weighted by atomic mass is 79.9. The molecule has 0 bridgehead atoms. The van der Waals surface area contributed by atoms with Crippen LogP contribution in [0.3, 0.4) is 0 Å². The van der Waals surface area contributed by atoms with Crippen LogP contribution >= 0.6 is 15.9 Å². The van der Waals surface area contributed by atoms with Crippen LogP contribution in [0.5, 0.6) is 0 Å². The van der Waals surface area contributed by atoms with E-state index in [1.54, 1.807) is 36.5 Å². The van der Waals surface area contributed by atoms with Crippen LogP contribution < -0.4 is 16.3 Å². The molecule has 0 aliphatic rings. The molecule has 3 N–H and O–H groups in total. The van der Waals surface area contributed by atoms with E-state index < -0.39 is 11.8 Å². The number of hydrogen-bond acceptors (Lipinski definition) is 4. The Morgan fingerprint density at radius 3 is 2.79 bits per heavy atom. The topological polar surface area (TPSA) is 109 Å². The lowest BCUT2D eigenvalue weighted by molar-refractivity contribution is -0.122. The first-order valence-electron chi connectivity index (χ1n) is 6.92. The molecule has 122 valence electrons. The highest BCUT2D eigenvalue weighted by molar-refractivity contribution is 9.10. The number of fused-ring (bicyclic) bond motifs is 1. The van der Waals surface area contributed by atoms with Crippen LogP contribution in [0.25, 0.3) is 10.9 Å². The van der Waals surface area contributed by atoms with Crippen molar-refractivity contribution in [2.75, 3.05) is 0 Å². The maximum absolute atomic E-state index is 12.0. The highest BCUT2D eigenvalue weighted by Crippen LogP contribution is 2.10. The normalized spacial score (nSPS) is 10.5. The number of halogens is 1. The van der Waals surface area contributed by atoms with Crippen LogP contribution in [-0.4, -0.2) is 26.6 Å². The van der Waals surface area contributed by atoms with Crippen molar-refractivity contribution in [2.24, 2.45) is 0 Å². The van der Waals surface area contributed by atoms with E-state index in [2.05, 4.69) is 36.9 Å². The van der Waals surface area contributed by atoms with Gasteiger partial charge in [0.15, 0.2) is 0 Å². The maximum atomic E-state index is 12.0. The molecule has 1 aromatic carbocycles. The Labute approximate surface area is 144 Å². The van der Waals surface area contributed by atoms with Gasteiger partial charge in [0.2, 0.25) is 5.43 Å². The molecule has 0 atom stereocenters. The predicted molar refractivity (Wildman–Crippen MR) is 90.1 cm³/mol. The Morgan fingerprint density at radius 1 is 1.25 bits per heavy atom. The van der Waals surface area contributed by atoms with Crippen LogP contribution in [0.15, 0.2) is 52.0 Å². The summed E-state index contributed by atoms with van der Waals surface area (Å²) < 4.78 is 2.12. The van der Waals surface area contributed by atoms with Gasteiger partial charge in [-0.15, -0.1) is 0 Å². The lowest BCUT2D eigenvalue weighted by atomic mass is 10.2. The number of hydrazine groups is 1. The van der Waals surface area contributed by atoms with Gasteiger partial charge in [0, 0.05) is 16.1 Å². The maximum Gasteiger partial charge on any atom is 0.286 e. The van der Waals surface area contributed by atoms with Crippen LogP contribution in [0.2, 0.25) is 0 Å². The zero-order valence-electron chi connectivity index (χ0n) is 12.2. The van der Waals surface area contributed by atoms with E-state index in [0.717, 1.165) is 10.7 Å². The van der Waals surface area contributed by atoms with Gasteiger partial charge in [-0.2, -0.15) is 5.10 Å². The molecule has 0 fully saturated rings. The van der Waals surface area contributed by atoms with Crippen molar-refractivity contribution >= 4 is 38.6 Å². The molecule has 9 heteroatoms. The van der Waals surface area contributed by atoms with Crippen molar-refractivity contribution in [1.29, 1.82) is 0 Å². The van der Waals surface area contributed by atoms with Crippen LogP contribution in [0, 0.1) is 0 Å². The smallest absolute Gasteiger partial charge is 0.286 e. The summed E-state index contributed by atoms with van der Waals surface area (Å²) in [5, 5.41) is 4.43. The monoisotopic (exact) mass is 389 g/mol. The largest absolute Gasteiger partial charge is 0.356 e. The van der Waals surface area contributed by atoms with Gasteiger partial charge in [-0.3, -0.25) is 29.9 Å². The van der Waals surface area contributed by atoms with E-state index in [9.17, 15) is 14.4 Å². The molecule has 24 heavy (non-hydrogen) atoms. The molecule has 0 saturated heterocycles. The van der Waals surface area contributed by atoms with Crippen molar-refractivity contribution in [3.8, 4) is 0 Å². The molecule has 2 heterocycles. The molecule has 3 rings (SSSR count). The molecular weight excluding hydrogens is 378 g/mol. The minimum atomic E-state index is -0.480. The molecule has 0 spiro atoms. The molecule has 8 nitrogen and oxygen atoms in total. The molecule has 0 unspecified atom stereocenters. The zero-order chi connectivity index (χ0) is 17.1. The standard InChI is InChI=1S/C15H12BrN5O3/c16-9-5-11(17-6-9)15(24)20-19-14(23)8-21-12-4-2-1-3-10(12)13(22)7-18-21/h1-7,17H,8H2,(H,19,23)(H,20,24). The first-order valence-corrected chi connectivity index (χ1v) is 7.72. The minimum Gasteiger partial charge on any atom is -0.356 e.